The molecule has 0 saturated heterocycles. The zero-order valence-corrected chi connectivity index (χ0v) is 22.6. The van der Waals surface area contributed by atoms with E-state index in [1.807, 2.05) is 0 Å². The summed E-state index contributed by atoms with van der Waals surface area (Å²) >= 11 is 0. The highest BCUT2D eigenvalue weighted by Crippen LogP contribution is 2.68. The number of nitrogens with one attached hydrogen (secondary N) is 1. The van der Waals surface area contributed by atoms with Gasteiger partial charge in [-0.15, -0.1) is 0 Å². The smallest absolute Gasteiger partial charge is 0.220 e. The predicted octanol–water partition coefficient (Wildman–Crippen LogP) is 4.46. The van der Waals surface area contributed by atoms with Crippen LogP contribution in [0.2, 0.25) is 0 Å². The summed E-state index contributed by atoms with van der Waals surface area (Å²) in [6, 6.07) is 0. The molecule has 0 aromatic rings. The molecule has 0 spiro atoms. The van der Waals surface area contributed by atoms with Gasteiger partial charge in [-0.1, -0.05) is 20.8 Å². The van der Waals surface area contributed by atoms with Crippen molar-refractivity contribution >= 4 is 5.91 Å². The molecule has 0 heterocycles. The van der Waals surface area contributed by atoms with Gasteiger partial charge in [0.1, 0.15) is 0 Å². The average Bonchev–Trinajstić information content (AvgIpc) is 3.15. The third-order valence-electron chi connectivity index (χ3n) is 11.4. The highest BCUT2D eigenvalue weighted by molar-refractivity contribution is 5.75. The number of hydrogen-bond acceptors (Lipinski definition) is 4. The lowest BCUT2D eigenvalue weighted by Gasteiger charge is -2.62. The fraction of sp³-hybridized carbons (Fsp3) is 0.966. The minimum Gasteiger partial charge on any atom is -0.393 e. The minimum atomic E-state index is -0.240. The van der Waals surface area contributed by atoms with Crippen LogP contribution in [0, 0.1) is 46.3 Å². The standard InChI is InChI=1S/C29H52N2O3/c1-19(7-12-27(34)30-15-6-16-31(4)5)23-10-11-24-22-9-8-20-17-21(32)13-14-28(20,2)25(22)18-26(33)29(23,24)3/h19-26,32-33H,6-18H2,1-5H3,(H,30,34)/t19-,20?,21-,22?,23?,24?,25?,26+,28+,29-/m1/s1. The van der Waals surface area contributed by atoms with Crippen LogP contribution in [-0.2, 0) is 4.79 Å². The van der Waals surface area contributed by atoms with Crippen LogP contribution in [0.15, 0.2) is 0 Å². The molecule has 34 heavy (non-hydrogen) atoms. The Labute approximate surface area is 208 Å². The van der Waals surface area contributed by atoms with Crippen LogP contribution in [-0.4, -0.2) is 60.4 Å². The Morgan fingerprint density at radius 3 is 2.56 bits per heavy atom. The number of nitrogens with zero attached hydrogens (tertiary/aromatic N) is 1. The molecule has 0 radical (unpaired) electrons. The first-order valence-electron chi connectivity index (χ1n) is 14.3. The Kier molecular flexibility index (Phi) is 8.06. The highest BCUT2D eigenvalue weighted by atomic mass is 16.3. The maximum atomic E-state index is 12.4. The number of carbonyl (C=O) groups excluding carboxylic acids is 1. The van der Waals surface area contributed by atoms with E-state index in [9.17, 15) is 15.0 Å². The van der Waals surface area contributed by atoms with E-state index in [1.165, 1.54) is 25.7 Å². The average molecular weight is 477 g/mol. The Balaban J connectivity index is 1.37. The predicted molar refractivity (Wildman–Crippen MR) is 137 cm³/mol. The second-order valence-corrected chi connectivity index (χ2v) is 13.4. The van der Waals surface area contributed by atoms with Crippen molar-refractivity contribution in [3.63, 3.8) is 0 Å². The summed E-state index contributed by atoms with van der Waals surface area (Å²) in [5.41, 5.74) is 0.277. The number of fused-ring (bicyclic) bond motifs is 5. The van der Waals surface area contributed by atoms with Crippen molar-refractivity contribution in [1.82, 2.24) is 10.2 Å². The minimum absolute atomic E-state index is 0.0137. The summed E-state index contributed by atoms with van der Waals surface area (Å²) in [4.78, 5) is 14.6. The Morgan fingerprint density at radius 1 is 1.06 bits per heavy atom. The van der Waals surface area contributed by atoms with Crippen molar-refractivity contribution in [2.24, 2.45) is 46.3 Å². The molecular weight excluding hydrogens is 424 g/mol. The molecule has 4 aliphatic rings. The van der Waals surface area contributed by atoms with Gasteiger partial charge in [0.05, 0.1) is 12.2 Å². The molecule has 4 fully saturated rings. The van der Waals surface area contributed by atoms with Crippen LogP contribution in [0.3, 0.4) is 0 Å². The summed E-state index contributed by atoms with van der Waals surface area (Å²) < 4.78 is 0. The van der Waals surface area contributed by atoms with Gasteiger partial charge in [0.2, 0.25) is 5.91 Å². The molecule has 0 aromatic carbocycles. The Bertz CT molecular complexity index is 713. The molecule has 0 aromatic heterocycles. The van der Waals surface area contributed by atoms with Gasteiger partial charge in [-0.25, -0.2) is 0 Å². The number of amides is 1. The summed E-state index contributed by atoms with van der Waals surface area (Å²) in [7, 11) is 4.12. The van der Waals surface area contributed by atoms with E-state index in [0.29, 0.717) is 41.4 Å². The van der Waals surface area contributed by atoms with E-state index in [1.54, 1.807) is 0 Å². The fourth-order valence-electron chi connectivity index (χ4n) is 9.43. The molecule has 4 aliphatic carbocycles. The van der Waals surface area contributed by atoms with Gasteiger partial charge >= 0.3 is 0 Å². The topological polar surface area (TPSA) is 72.8 Å². The van der Waals surface area contributed by atoms with Crippen LogP contribution in [0.1, 0.15) is 91.4 Å². The van der Waals surface area contributed by atoms with E-state index < -0.39 is 0 Å². The van der Waals surface area contributed by atoms with Crippen molar-refractivity contribution in [3.05, 3.63) is 0 Å². The number of rotatable bonds is 8. The molecule has 4 rings (SSSR count). The molecule has 3 N–H and O–H groups in total. The highest BCUT2D eigenvalue weighted by Gasteiger charge is 2.63. The van der Waals surface area contributed by atoms with E-state index in [0.717, 1.165) is 57.5 Å². The Morgan fingerprint density at radius 2 is 1.82 bits per heavy atom. The number of hydrogen-bond donors (Lipinski definition) is 3. The molecule has 0 aliphatic heterocycles. The van der Waals surface area contributed by atoms with Crippen molar-refractivity contribution < 1.29 is 15.0 Å². The second-order valence-electron chi connectivity index (χ2n) is 13.4. The van der Waals surface area contributed by atoms with Gasteiger partial charge in [0.15, 0.2) is 0 Å². The lowest BCUT2D eigenvalue weighted by atomic mass is 9.43. The molecule has 196 valence electrons. The summed E-state index contributed by atoms with van der Waals surface area (Å²) in [5.74, 6) is 3.72. The quantitative estimate of drug-likeness (QED) is 0.452. The van der Waals surface area contributed by atoms with Crippen LogP contribution in [0.5, 0.6) is 0 Å². The van der Waals surface area contributed by atoms with Crippen LogP contribution in [0.25, 0.3) is 0 Å². The summed E-state index contributed by atoms with van der Waals surface area (Å²) in [6.45, 7) is 8.97. The van der Waals surface area contributed by atoms with E-state index in [2.05, 4.69) is 45.1 Å². The molecule has 10 atom stereocenters. The van der Waals surface area contributed by atoms with Crippen molar-refractivity contribution in [1.29, 1.82) is 0 Å². The zero-order chi connectivity index (χ0) is 24.7. The van der Waals surface area contributed by atoms with E-state index in [4.69, 9.17) is 0 Å². The lowest BCUT2D eigenvalue weighted by molar-refractivity contribution is -0.174. The van der Waals surface area contributed by atoms with Gasteiger partial charge in [-0.2, -0.15) is 0 Å². The largest absolute Gasteiger partial charge is 0.393 e. The summed E-state index contributed by atoms with van der Waals surface area (Å²) in [6.07, 6.45) is 11.1. The molecule has 5 nitrogen and oxygen atoms in total. The third-order valence-corrected chi connectivity index (χ3v) is 11.4. The fourth-order valence-corrected chi connectivity index (χ4v) is 9.43. The molecule has 4 saturated carbocycles. The van der Waals surface area contributed by atoms with Gasteiger partial charge in [0.25, 0.3) is 0 Å². The van der Waals surface area contributed by atoms with Crippen molar-refractivity contribution in [3.8, 4) is 0 Å². The van der Waals surface area contributed by atoms with Crippen molar-refractivity contribution in [2.75, 3.05) is 27.2 Å². The van der Waals surface area contributed by atoms with Gasteiger partial charge < -0.3 is 20.4 Å². The number of carbonyl (C=O) groups is 1. The molecule has 0 bridgehead atoms. The van der Waals surface area contributed by atoms with Gasteiger partial charge in [0, 0.05) is 13.0 Å². The lowest BCUT2D eigenvalue weighted by Crippen LogP contribution is -2.58. The zero-order valence-electron chi connectivity index (χ0n) is 22.6. The van der Waals surface area contributed by atoms with Gasteiger partial charge in [-0.05, 0) is 131 Å². The monoisotopic (exact) mass is 476 g/mol. The van der Waals surface area contributed by atoms with E-state index >= 15 is 0 Å². The molecule has 1 amide bonds. The van der Waals surface area contributed by atoms with Crippen LogP contribution < -0.4 is 5.32 Å². The first-order valence-corrected chi connectivity index (χ1v) is 14.3. The van der Waals surface area contributed by atoms with Crippen LogP contribution in [0.4, 0.5) is 0 Å². The SMILES string of the molecule is C[C@H](CCC(=O)NCCCN(C)C)C1CCC2C3CCC4C[C@H](O)CC[C@]4(C)C3C[C@H](O)[C@@]21C. The molecular formula is C29H52N2O3. The Hall–Kier alpha value is -0.650. The third kappa shape index (κ3) is 4.83. The van der Waals surface area contributed by atoms with Crippen molar-refractivity contribution in [2.45, 2.75) is 104 Å². The van der Waals surface area contributed by atoms with Crippen LogP contribution >= 0.6 is 0 Å². The normalized spacial score (nSPS) is 44.8. The second kappa shape index (κ2) is 10.4. The first-order chi connectivity index (χ1) is 16.1. The van der Waals surface area contributed by atoms with Gasteiger partial charge in [-0.3, -0.25) is 4.79 Å². The maximum absolute atomic E-state index is 12.4. The first kappa shape index (κ1) is 26.4. The number of aliphatic hydroxyl groups is 2. The molecule has 5 heteroatoms. The van der Waals surface area contributed by atoms with E-state index in [-0.39, 0.29) is 23.5 Å². The molecule has 5 unspecified atom stereocenters. The number of aliphatic hydroxyl groups excluding tert-OH is 2. The maximum Gasteiger partial charge on any atom is 0.220 e. The summed E-state index contributed by atoms with van der Waals surface area (Å²) in [5, 5.41) is 25.1.